The number of nitrogens with zero attached hydrogens (tertiary/aromatic N) is 2. The van der Waals surface area contributed by atoms with Crippen molar-refractivity contribution in [2.75, 3.05) is 32.7 Å². The van der Waals surface area contributed by atoms with Gasteiger partial charge < -0.3 is 15.5 Å². The molecule has 2 aliphatic rings. The van der Waals surface area contributed by atoms with Crippen LogP contribution in [0.2, 0.25) is 0 Å². The molecule has 5 heteroatoms. The van der Waals surface area contributed by atoms with E-state index in [-0.39, 0.29) is 23.7 Å². The molecule has 2 saturated heterocycles. The van der Waals surface area contributed by atoms with Crippen LogP contribution >= 0.6 is 0 Å². The fourth-order valence-corrected chi connectivity index (χ4v) is 4.34. The second kappa shape index (κ2) is 8.21. The number of carbonyl (C=O) groups is 2. The first-order valence-corrected chi connectivity index (χ1v) is 9.83. The number of likely N-dealkylation sites (tertiary alicyclic amines) is 2. The van der Waals surface area contributed by atoms with Crippen LogP contribution in [0.25, 0.3) is 0 Å². The maximum Gasteiger partial charge on any atom is 0.225 e. The number of rotatable bonds is 4. The molecule has 142 valence electrons. The summed E-state index contributed by atoms with van der Waals surface area (Å²) in [6, 6.07) is 10.4. The van der Waals surface area contributed by atoms with Crippen molar-refractivity contribution >= 4 is 11.8 Å². The van der Waals surface area contributed by atoms with Gasteiger partial charge in [0.2, 0.25) is 11.8 Å². The lowest BCUT2D eigenvalue weighted by Crippen LogP contribution is -2.45. The van der Waals surface area contributed by atoms with Crippen molar-refractivity contribution in [1.82, 2.24) is 9.80 Å². The molecular formula is C21H31N3O2. The number of piperidine rings is 1. The van der Waals surface area contributed by atoms with Crippen LogP contribution in [0.15, 0.2) is 30.3 Å². The lowest BCUT2D eigenvalue weighted by atomic mass is 9.89. The molecule has 0 spiro atoms. The molecule has 3 rings (SSSR count). The third-order valence-corrected chi connectivity index (χ3v) is 5.93. The molecule has 1 aromatic rings. The molecule has 2 aliphatic heterocycles. The molecule has 2 heterocycles. The van der Waals surface area contributed by atoms with Crippen molar-refractivity contribution in [2.45, 2.75) is 32.6 Å². The first-order chi connectivity index (χ1) is 12.5. The van der Waals surface area contributed by atoms with E-state index >= 15 is 0 Å². The van der Waals surface area contributed by atoms with E-state index in [2.05, 4.69) is 24.3 Å². The first kappa shape index (κ1) is 18.9. The topological polar surface area (TPSA) is 66.6 Å². The normalized spacial score (nSPS) is 24.3. The van der Waals surface area contributed by atoms with Gasteiger partial charge in [-0.3, -0.25) is 9.59 Å². The zero-order valence-electron chi connectivity index (χ0n) is 15.9. The average molecular weight is 357 g/mol. The van der Waals surface area contributed by atoms with Crippen LogP contribution in [0, 0.1) is 17.8 Å². The molecule has 0 saturated carbocycles. The SMILES string of the molecule is CC(C)C(=O)N1CCC(C(=O)N2C[C@@H](CN)[C@H](c3ccccc3)C2)CC1. The highest BCUT2D eigenvalue weighted by Gasteiger charge is 2.38. The molecular weight excluding hydrogens is 326 g/mol. The van der Waals surface area contributed by atoms with E-state index in [0.29, 0.717) is 31.5 Å². The Kier molecular flexibility index (Phi) is 5.97. The molecule has 0 radical (unpaired) electrons. The van der Waals surface area contributed by atoms with Crippen molar-refractivity contribution in [2.24, 2.45) is 23.5 Å². The number of carbonyl (C=O) groups excluding carboxylic acids is 2. The summed E-state index contributed by atoms with van der Waals surface area (Å²) < 4.78 is 0. The molecule has 0 aliphatic carbocycles. The van der Waals surface area contributed by atoms with Crippen molar-refractivity contribution in [1.29, 1.82) is 0 Å². The predicted molar refractivity (Wildman–Crippen MR) is 102 cm³/mol. The minimum absolute atomic E-state index is 0.0257. The van der Waals surface area contributed by atoms with Crippen LogP contribution < -0.4 is 5.73 Å². The number of hydrogen-bond donors (Lipinski definition) is 1. The Bertz CT molecular complexity index is 623. The summed E-state index contributed by atoms with van der Waals surface area (Å²) >= 11 is 0. The Balaban J connectivity index is 1.60. The Morgan fingerprint density at radius 1 is 1.08 bits per heavy atom. The molecule has 0 bridgehead atoms. The largest absolute Gasteiger partial charge is 0.342 e. The van der Waals surface area contributed by atoms with E-state index in [1.807, 2.05) is 29.7 Å². The fourth-order valence-electron chi connectivity index (χ4n) is 4.34. The van der Waals surface area contributed by atoms with E-state index in [1.54, 1.807) is 0 Å². The minimum atomic E-state index is 0.0257. The van der Waals surface area contributed by atoms with Crippen LogP contribution in [0.1, 0.15) is 38.2 Å². The van der Waals surface area contributed by atoms with Crippen molar-refractivity contribution in [3.8, 4) is 0 Å². The third kappa shape index (κ3) is 3.93. The maximum absolute atomic E-state index is 13.0. The van der Waals surface area contributed by atoms with E-state index in [9.17, 15) is 9.59 Å². The van der Waals surface area contributed by atoms with Crippen LogP contribution in [-0.4, -0.2) is 54.3 Å². The molecule has 2 atom stereocenters. The van der Waals surface area contributed by atoms with Crippen LogP contribution in [0.5, 0.6) is 0 Å². The molecule has 0 unspecified atom stereocenters. The van der Waals surface area contributed by atoms with E-state index in [0.717, 1.165) is 25.9 Å². The van der Waals surface area contributed by atoms with E-state index < -0.39 is 0 Å². The fraction of sp³-hybridized carbons (Fsp3) is 0.619. The summed E-state index contributed by atoms with van der Waals surface area (Å²) in [4.78, 5) is 29.1. The first-order valence-electron chi connectivity index (χ1n) is 9.83. The molecule has 2 amide bonds. The van der Waals surface area contributed by atoms with Crippen LogP contribution in [-0.2, 0) is 9.59 Å². The summed E-state index contributed by atoms with van der Waals surface area (Å²) in [6.45, 7) is 7.37. The van der Waals surface area contributed by atoms with Crippen LogP contribution in [0.4, 0.5) is 0 Å². The zero-order valence-corrected chi connectivity index (χ0v) is 15.9. The summed E-state index contributed by atoms with van der Waals surface area (Å²) in [7, 11) is 0. The second-order valence-electron chi connectivity index (χ2n) is 8.01. The molecule has 0 aromatic heterocycles. The Morgan fingerprint density at radius 3 is 2.31 bits per heavy atom. The highest BCUT2D eigenvalue weighted by atomic mass is 16.2. The van der Waals surface area contributed by atoms with Crippen molar-refractivity contribution in [3.63, 3.8) is 0 Å². The van der Waals surface area contributed by atoms with Gasteiger partial charge in [-0.1, -0.05) is 44.2 Å². The number of amides is 2. The maximum atomic E-state index is 13.0. The minimum Gasteiger partial charge on any atom is -0.342 e. The summed E-state index contributed by atoms with van der Waals surface area (Å²) in [6.07, 6.45) is 1.55. The Morgan fingerprint density at radius 2 is 1.73 bits per heavy atom. The molecule has 5 nitrogen and oxygen atoms in total. The molecule has 2 fully saturated rings. The standard InChI is InChI=1S/C21H31N3O2/c1-15(2)20(25)23-10-8-17(9-11-23)21(26)24-13-18(12-22)19(14-24)16-6-4-3-5-7-16/h3-7,15,17-19H,8-14,22H2,1-2H3/t18-,19+/m1/s1. The van der Waals surface area contributed by atoms with Crippen LogP contribution in [0.3, 0.4) is 0 Å². The Hall–Kier alpha value is -1.88. The lowest BCUT2D eigenvalue weighted by molar-refractivity contribution is -0.141. The van der Waals surface area contributed by atoms with Crippen molar-refractivity contribution in [3.05, 3.63) is 35.9 Å². The predicted octanol–water partition coefficient (Wildman–Crippen LogP) is 2.08. The van der Waals surface area contributed by atoms with E-state index in [1.165, 1.54) is 5.56 Å². The van der Waals surface area contributed by atoms with Gasteiger partial charge in [0, 0.05) is 43.9 Å². The van der Waals surface area contributed by atoms with Gasteiger partial charge in [-0.15, -0.1) is 0 Å². The number of hydrogen-bond acceptors (Lipinski definition) is 3. The quantitative estimate of drug-likeness (QED) is 0.897. The average Bonchev–Trinajstić information content (AvgIpc) is 3.12. The monoisotopic (exact) mass is 357 g/mol. The van der Waals surface area contributed by atoms with Crippen molar-refractivity contribution < 1.29 is 9.59 Å². The number of nitrogens with two attached hydrogens (primary N) is 1. The van der Waals surface area contributed by atoms with Gasteiger partial charge in [-0.2, -0.15) is 0 Å². The molecule has 2 N–H and O–H groups in total. The van der Waals surface area contributed by atoms with Gasteiger partial charge in [0.05, 0.1) is 0 Å². The highest BCUT2D eigenvalue weighted by molar-refractivity contribution is 5.81. The molecule has 1 aromatic carbocycles. The summed E-state index contributed by atoms with van der Waals surface area (Å²) in [5.41, 5.74) is 7.27. The van der Waals surface area contributed by atoms with Gasteiger partial charge in [0.25, 0.3) is 0 Å². The molecule has 26 heavy (non-hydrogen) atoms. The second-order valence-corrected chi connectivity index (χ2v) is 8.01. The lowest BCUT2D eigenvalue weighted by Gasteiger charge is -2.34. The van der Waals surface area contributed by atoms with Gasteiger partial charge in [-0.05, 0) is 30.9 Å². The van der Waals surface area contributed by atoms with Gasteiger partial charge in [0.1, 0.15) is 0 Å². The Labute approximate surface area is 156 Å². The van der Waals surface area contributed by atoms with Gasteiger partial charge in [0.15, 0.2) is 0 Å². The smallest absolute Gasteiger partial charge is 0.225 e. The third-order valence-electron chi connectivity index (χ3n) is 5.93. The summed E-state index contributed by atoms with van der Waals surface area (Å²) in [5, 5.41) is 0. The summed E-state index contributed by atoms with van der Waals surface area (Å²) in [5.74, 6) is 1.16. The highest BCUT2D eigenvalue weighted by Crippen LogP contribution is 2.34. The van der Waals surface area contributed by atoms with Gasteiger partial charge in [-0.25, -0.2) is 0 Å². The van der Waals surface area contributed by atoms with Gasteiger partial charge >= 0.3 is 0 Å². The number of benzene rings is 1. The zero-order chi connectivity index (χ0) is 18.7. The van der Waals surface area contributed by atoms with E-state index in [4.69, 9.17) is 5.73 Å².